The normalized spacial score (nSPS) is 15.5. The van der Waals surface area contributed by atoms with Crippen LogP contribution >= 0.6 is 0 Å². The zero-order valence-electron chi connectivity index (χ0n) is 19.4. The van der Waals surface area contributed by atoms with E-state index < -0.39 is 16.8 Å². The predicted molar refractivity (Wildman–Crippen MR) is 119 cm³/mol. The second kappa shape index (κ2) is 10.7. The van der Waals surface area contributed by atoms with Crippen LogP contribution < -0.4 is 0 Å². The highest BCUT2D eigenvalue weighted by Crippen LogP contribution is 2.19. The Morgan fingerprint density at radius 3 is 0.939 bits per heavy atom. The molecular weight excluding hydrogens is 426 g/mol. The molecule has 1 unspecified atom stereocenters. The molecule has 3 rings (SSSR count). The Balaban J connectivity index is 0.000000247. The smallest absolute Gasteiger partial charge is 0.168 e. The molecule has 3 heterocycles. The van der Waals surface area contributed by atoms with Crippen molar-refractivity contribution in [1.82, 2.24) is 15.5 Å². The molecule has 3 aromatic rings. The van der Waals surface area contributed by atoms with Gasteiger partial charge in [0.1, 0.15) is 34.4 Å². The van der Waals surface area contributed by atoms with Gasteiger partial charge in [0.25, 0.3) is 0 Å². The van der Waals surface area contributed by atoms with Crippen LogP contribution in [0.2, 0.25) is 0 Å². The number of terminal acetylenes is 3. The number of hydrogen-bond acceptors (Lipinski definition) is 9. The van der Waals surface area contributed by atoms with E-state index in [4.69, 9.17) is 32.8 Å². The molecule has 174 valence electrons. The lowest BCUT2D eigenvalue weighted by atomic mass is 10.0. The third kappa shape index (κ3) is 7.68. The summed E-state index contributed by atoms with van der Waals surface area (Å²) in [5.41, 5.74) is -2.85. The van der Waals surface area contributed by atoms with Gasteiger partial charge < -0.3 is 28.9 Å². The molecule has 3 N–H and O–H groups in total. The van der Waals surface area contributed by atoms with Crippen molar-refractivity contribution in [3.05, 3.63) is 52.6 Å². The second-order valence-electron chi connectivity index (χ2n) is 7.62. The number of aliphatic hydroxyl groups is 3. The van der Waals surface area contributed by atoms with Crippen LogP contribution in [0, 0.1) is 57.8 Å². The highest BCUT2D eigenvalue weighted by atomic mass is 16.5. The zero-order chi connectivity index (χ0) is 25.4. The summed E-state index contributed by atoms with van der Waals surface area (Å²) in [4.78, 5) is 0. The lowest BCUT2D eigenvalue weighted by Gasteiger charge is -2.10. The second-order valence-corrected chi connectivity index (χ2v) is 7.62. The molecule has 0 fully saturated rings. The van der Waals surface area contributed by atoms with E-state index in [0.717, 1.165) is 0 Å². The fraction of sp³-hybridized carbons (Fsp3) is 0.375. The van der Waals surface area contributed by atoms with Gasteiger partial charge >= 0.3 is 0 Å². The van der Waals surface area contributed by atoms with Crippen molar-refractivity contribution in [2.75, 3.05) is 0 Å². The van der Waals surface area contributed by atoms with Crippen LogP contribution in [0.4, 0.5) is 0 Å². The van der Waals surface area contributed by atoms with Gasteiger partial charge in [-0.1, -0.05) is 33.2 Å². The summed E-state index contributed by atoms with van der Waals surface area (Å²) in [5.74, 6) is 8.52. The third-order valence-corrected chi connectivity index (χ3v) is 4.22. The molecule has 33 heavy (non-hydrogen) atoms. The van der Waals surface area contributed by atoms with E-state index >= 15 is 0 Å². The Hall–Kier alpha value is -3.81. The number of aryl methyl sites for hydroxylation is 3. The average molecular weight is 453 g/mol. The maximum absolute atomic E-state index is 9.45. The fourth-order valence-electron chi connectivity index (χ4n) is 2.01. The molecule has 0 saturated heterocycles. The molecule has 0 radical (unpaired) electrons. The first kappa shape index (κ1) is 27.2. The number of nitrogens with zero attached hydrogens (tertiary/aromatic N) is 3. The first-order valence-electron chi connectivity index (χ1n) is 9.60. The van der Waals surface area contributed by atoms with Crippen molar-refractivity contribution >= 4 is 0 Å². The van der Waals surface area contributed by atoms with E-state index in [2.05, 4.69) is 33.2 Å². The SMILES string of the molecule is C#CC(C)(O)c1cc(C)on1.C#C[C@@](C)(O)c1cc(C)on1.C#C[C@](C)(O)c1cc(C)on1. The molecule has 3 atom stereocenters. The predicted octanol–water partition coefficient (Wildman–Crippen LogP) is 2.47. The van der Waals surface area contributed by atoms with Gasteiger partial charge in [0.15, 0.2) is 16.8 Å². The van der Waals surface area contributed by atoms with Crippen molar-refractivity contribution in [2.45, 2.75) is 58.3 Å². The summed E-state index contributed by atoms with van der Waals surface area (Å²) in [6, 6.07) is 4.83. The standard InChI is InChI=1S/3C8H9NO2/c3*1-4-8(3,10)7-5-6(2)11-9-7/h3*1,5,10H,2-3H3/t2*8-;/m10./s1. The Bertz CT molecular complexity index is 1030. The van der Waals surface area contributed by atoms with Gasteiger partial charge in [-0.25, -0.2) is 0 Å². The Morgan fingerprint density at radius 2 is 0.818 bits per heavy atom. The summed E-state index contributed by atoms with van der Waals surface area (Å²) in [6.45, 7) is 9.69. The number of aromatic nitrogens is 3. The van der Waals surface area contributed by atoms with Crippen molar-refractivity contribution in [1.29, 1.82) is 0 Å². The van der Waals surface area contributed by atoms with Crippen LogP contribution in [0.25, 0.3) is 0 Å². The van der Waals surface area contributed by atoms with Crippen LogP contribution in [-0.2, 0) is 16.8 Å². The van der Waals surface area contributed by atoms with Gasteiger partial charge in [-0.05, 0) is 41.5 Å². The van der Waals surface area contributed by atoms with Gasteiger partial charge in [-0.2, -0.15) is 0 Å². The van der Waals surface area contributed by atoms with Crippen LogP contribution in [0.1, 0.15) is 55.1 Å². The summed E-state index contributed by atoms with van der Waals surface area (Å²) in [6.07, 6.45) is 15.2. The minimum atomic E-state index is -1.32. The van der Waals surface area contributed by atoms with E-state index in [1.54, 1.807) is 39.0 Å². The summed E-state index contributed by atoms with van der Waals surface area (Å²) in [5, 5.41) is 39.1. The van der Waals surface area contributed by atoms with E-state index in [1.807, 2.05) is 0 Å². The molecule has 3 aromatic heterocycles. The van der Waals surface area contributed by atoms with E-state index in [9.17, 15) is 15.3 Å². The monoisotopic (exact) mass is 453 g/mol. The van der Waals surface area contributed by atoms with Gasteiger partial charge in [0, 0.05) is 18.2 Å². The van der Waals surface area contributed by atoms with Gasteiger partial charge in [-0.3, -0.25) is 0 Å². The summed E-state index contributed by atoms with van der Waals surface area (Å²) in [7, 11) is 0. The molecule has 0 spiro atoms. The number of rotatable bonds is 3. The van der Waals surface area contributed by atoms with E-state index in [1.165, 1.54) is 20.8 Å². The first-order chi connectivity index (χ1) is 15.2. The van der Waals surface area contributed by atoms with Crippen molar-refractivity contribution in [2.24, 2.45) is 0 Å². The maximum Gasteiger partial charge on any atom is 0.168 e. The first-order valence-corrected chi connectivity index (χ1v) is 9.60. The minimum absolute atomic E-state index is 0.373. The highest BCUT2D eigenvalue weighted by Gasteiger charge is 2.25. The molecule has 0 aliphatic heterocycles. The molecule has 0 bridgehead atoms. The Kier molecular flexibility index (Phi) is 8.80. The number of hydrogen-bond donors (Lipinski definition) is 3. The third-order valence-electron chi connectivity index (χ3n) is 4.22. The molecule has 0 aromatic carbocycles. The van der Waals surface area contributed by atoms with Crippen LogP contribution in [0.5, 0.6) is 0 Å². The highest BCUT2D eigenvalue weighted by molar-refractivity contribution is 5.23. The van der Waals surface area contributed by atoms with Crippen LogP contribution in [0.15, 0.2) is 31.8 Å². The molecule has 9 nitrogen and oxygen atoms in total. The van der Waals surface area contributed by atoms with E-state index in [0.29, 0.717) is 34.4 Å². The minimum Gasteiger partial charge on any atom is -0.372 e. The van der Waals surface area contributed by atoms with Gasteiger partial charge in [-0.15, -0.1) is 19.3 Å². The van der Waals surface area contributed by atoms with Gasteiger partial charge in [0.2, 0.25) is 0 Å². The lowest BCUT2D eigenvalue weighted by Crippen LogP contribution is -2.18. The largest absolute Gasteiger partial charge is 0.372 e. The Morgan fingerprint density at radius 1 is 0.606 bits per heavy atom. The zero-order valence-corrected chi connectivity index (χ0v) is 19.4. The summed E-state index contributed by atoms with van der Waals surface area (Å²) >= 11 is 0. The van der Waals surface area contributed by atoms with Crippen LogP contribution in [0.3, 0.4) is 0 Å². The topological polar surface area (TPSA) is 139 Å². The molecule has 0 saturated carbocycles. The van der Waals surface area contributed by atoms with Crippen LogP contribution in [-0.4, -0.2) is 30.8 Å². The quantitative estimate of drug-likeness (QED) is 0.510. The molecular formula is C24H27N3O6. The van der Waals surface area contributed by atoms with Crippen molar-refractivity contribution in [3.8, 4) is 37.0 Å². The molecule has 0 aliphatic carbocycles. The summed E-state index contributed by atoms with van der Waals surface area (Å²) < 4.78 is 14.2. The fourth-order valence-corrected chi connectivity index (χ4v) is 2.01. The van der Waals surface area contributed by atoms with Gasteiger partial charge in [0.05, 0.1) is 0 Å². The maximum atomic E-state index is 9.45. The molecule has 0 aliphatic rings. The van der Waals surface area contributed by atoms with Crippen molar-refractivity contribution < 1.29 is 28.9 Å². The van der Waals surface area contributed by atoms with E-state index in [-0.39, 0.29) is 0 Å². The lowest BCUT2D eigenvalue weighted by molar-refractivity contribution is 0.112. The Labute approximate surface area is 192 Å². The average Bonchev–Trinajstić information content (AvgIpc) is 3.51. The van der Waals surface area contributed by atoms with Crippen molar-refractivity contribution in [3.63, 3.8) is 0 Å². The molecule has 9 heteroatoms. The molecule has 0 amide bonds.